The van der Waals surface area contributed by atoms with E-state index in [2.05, 4.69) is 11.9 Å². The first-order chi connectivity index (χ1) is 6.09. The quantitative estimate of drug-likeness (QED) is 0.755. The van der Waals surface area contributed by atoms with Crippen molar-refractivity contribution in [2.24, 2.45) is 5.92 Å². The van der Waals surface area contributed by atoms with Crippen molar-refractivity contribution in [2.75, 3.05) is 5.73 Å². The molecule has 2 rings (SSSR count). The van der Waals surface area contributed by atoms with Crippen molar-refractivity contribution in [1.82, 2.24) is 4.98 Å². The van der Waals surface area contributed by atoms with Crippen LogP contribution in [0, 0.1) is 5.92 Å². The number of nitrogens with zero attached hydrogens (tertiary/aromatic N) is 1. The van der Waals surface area contributed by atoms with E-state index in [9.17, 15) is 4.79 Å². The van der Waals surface area contributed by atoms with Gasteiger partial charge in [0.25, 0.3) is 0 Å². The highest BCUT2D eigenvalue weighted by molar-refractivity contribution is 7.16. The van der Waals surface area contributed by atoms with Gasteiger partial charge in [0.15, 0.2) is 5.69 Å². The van der Waals surface area contributed by atoms with E-state index in [0.29, 0.717) is 16.8 Å². The monoisotopic (exact) mass is 198 g/mol. The highest BCUT2D eigenvalue weighted by Gasteiger charge is 2.37. The van der Waals surface area contributed by atoms with Gasteiger partial charge >= 0.3 is 5.97 Å². The predicted octanol–water partition coefficient (Wildman–Crippen LogP) is 1.55. The summed E-state index contributed by atoms with van der Waals surface area (Å²) >= 11 is 1.30. The standard InChI is InChI=1S/C8H10N2O2S/c1-3-2-4(3)7-10-5(8(11)12)6(9)13-7/h3-4H,2,9H2,1H3,(H,11,12). The number of hydrogen-bond acceptors (Lipinski definition) is 4. The number of anilines is 1. The topological polar surface area (TPSA) is 76.2 Å². The van der Waals surface area contributed by atoms with E-state index >= 15 is 0 Å². The van der Waals surface area contributed by atoms with Gasteiger partial charge in [0.1, 0.15) is 5.00 Å². The molecule has 0 spiro atoms. The second kappa shape index (κ2) is 2.70. The normalized spacial score (nSPS) is 25.9. The molecule has 4 nitrogen and oxygen atoms in total. The molecule has 0 aromatic carbocycles. The molecule has 1 saturated carbocycles. The summed E-state index contributed by atoms with van der Waals surface area (Å²) < 4.78 is 0. The molecule has 0 radical (unpaired) electrons. The second-order valence-corrected chi connectivity index (χ2v) is 4.45. The SMILES string of the molecule is CC1CC1c1nc(C(=O)O)c(N)s1. The van der Waals surface area contributed by atoms with E-state index in [1.807, 2.05) is 0 Å². The molecule has 0 saturated heterocycles. The van der Waals surface area contributed by atoms with Gasteiger partial charge in [0.05, 0.1) is 5.01 Å². The average Bonchev–Trinajstić information content (AvgIpc) is 2.61. The van der Waals surface area contributed by atoms with E-state index < -0.39 is 5.97 Å². The largest absolute Gasteiger partial charge is 0.476 e. The molecule has 5 heteroatoms. The molecular formula is C8H10N2O2S. The summed E-state index contributed by atoms with van der Waals surface area (Å²) in [7, 11) is 0. The fourth-order valence-corrected chi connectivity index (χ4v) is 2.40. The Morgan fingerprint density at radius 3 is 2.77 bits per heavy atom. The molecule has 1 fully saturated rings. The first-order valence-corrected chi connectivity index (χ1v) is 4.90. The Kier molecular flexibility index (Phi) is 1.76. The first kappa shape index (κ1) is 8.50. The van der Waals surface area contributed by atoms with Crippen molar-refractivity contribution in [3.63, 3.8) is 0 Å². The number of rotatable bonds is 2. The van der Waals surface area contributed by atoms with Crippen molar-refractivity contribution >= 4 is 22.3 Å². The van der Waals surface area contributed by atoms with E-state index in [1.165, 1.54) is 11.3 Å². The molecule has 1 heterocycles. The zero-order chi connectivity index (χ0) is 9.59. The van der Waals surface area contributed by atoms with Gasteiger partial charge in [-0.2, -0.15) is 0 Å². The van der Waals surface area contributed by atoms with E-state index in [0.717, 1.165) is 11.4 Å². The van der Waals surface area contributed by atoms with Gasteiger partial charge in [-0.15, -0.1) is 11.3 Å². The lowest BCUT2D eigenvalue weighted by atomic mass is 10.3. The zero-order valence-electron chi connectivity index (χ0n) is 7.15. The Bertz CT molecular complexity index is 361. The summed E-state index contributed by atoms with van der Waals surface area (Å²) in [5.74, 6) is 0.0425. The molecule has 3 N–H and O–H groups in total. The van der Waals surface area contributed by atoms with Crippen LogP contribution in [-0.2, 0) is 0 Å². The number of carboxylic acid groups (broad SMARTS) is 1. The van der Waals surface area contributed by atoms with Crippen molar-refractivity contribution in [1.29, 1.82) is 0 Å². The van der Waals surface area contributed by atoms with Crippen molar-refractivity contribution in [3.05, 3.63) is 10.7 Å². The van der Waals surface area contributed by atoms with Gasteiger partial charge < -0.3 is 10.8 Å². The molecule has 1 aliphatic rings. The molecule has 70 valence electrons. The van der Waals surface area contributed by atoms with E-state index in [1.54, 1.807) is 0 Å². The summed E-state index contributed by atoms with van der Waals surface area (Å²) in [6.07, 6.45) is 1.10. The molecule has 0 amide bonds. The number of carboxylic acids is 1. The Morgan fingerprint density at radius 2 is 2.38 bits per heavy atom. The fourth-order valence-electron chi connectivity index (χ4n) is 1.33. The van der Waals surface area contributed by atoms with Crippen LogP contribution in [0.25, 0.3) is 0 Å². The Balaban J connectivity index is 2.30. The smallest absolute Gasteiger partial charge is 0.357 e. The fraction of sp³-hybridized carbons (Fsp3) is 0.500. The zero-order valence-corrected chi connectivity index (χ0v) is 7.97. The Hall–Kier alpha value is -1.10. The lowest BCUT2D eigenvalue weighted by Gasteiger charge is -1.86. The third-order valence-corrected chi connectivity index (χ3v) is 3.32. The first-order valence-electron chi connectivity index (χ1n) is 4.09. The maximum Gasteiger partial charge on any atom is 0.357 e. The third kappa shape index (κ3) is 1.39. The Morgan fingerprint density at radius 1 is 1.77 bits per heavy atom. The lowest BCUT2D eigenvalue weighted by Crippen LogP contribution is -2.00. The predicted molar refractivity (Wildman–Crippen MR) is 50.0 cm³/mol. The van der Waals surface area contributed by atoms with E-state index in [-0.39, 0.29) is 5.69 Å². The number of aromatic carboxylic acids is 1. The van der Waals surface area contributed by atoms with Crippen LogP contribution >= 0.6 is 11.3 Å². The number of carbonyl (C=O) groups is 1. The number of hydrogen-bond donors (Lipinski definition) is 2. The average molecular weight is 198 g/mol. The van der Waals surface area contributed by atoms with Gasteiger partial charge in [0.2, 0.25) is 0 Å². The number of nitrogen functional groups attached to an aromatic ring is 1. The minimum absolute atomic E-state index is 0.0131. The van der Waals surface area contributed by atoms with Crippen molar-refractivity contribution < 1.29 is 9.90 Å². The second-order valence-electron chi connectivity index (χ2n) is 3.39. The highest BCUT2D eigenvalue weighted by Crippen LogP contribution is 2.48. The summed E-state index contributed by atoms with van der Waals surface area (Å²) in [5.41, 5.74) is 5.54. The maximum atomic E-state index is 10.6. The molecule has 0 aliphatic heterocycles. The molecule has 1 aromatic heterocycles. The molecule has 0 bridgehead atoms. The van der Waals surface area contributed by atoms with Gasteiger partial charge in [-0.3, -0.25) is 0 Å². The van der Waals surface area contributed by atoms with Crippen LogP contribution in [-0.4, -0.2) is 16.1 Å². The van der Waals surface area contributed by atoms with Crippen molar-refractivity contribution in [3.8, 4) is 0 Å². The Labute approximate surface area is 79.4 Å². The van der Waals surface area contributed by atoms with Crippen LogP contribution in [0.15, 0.2) is 0 Å². The van der Waals surface area contributed by atoms with Crippen LogP contribution < -0.4 is 5.73 Å². The molecule has 13 heavy (non-hydrogen) atoms. The molecule has 1 aliphatic carbocycles. The lowest BCUT2D eigenvalue weighted by molar-refractivity contribution is 0.0692. The molecular weight excluding hydrogens is 188 g/mol. The van der Waals surface area contributed by atoms with Crippen LogP contribution in [0.4, 0.5) is 5.00 Å². The van der Waals surface area contributed by atoms with Gasteiger partial charge in [-0.1, -0.05) is 6.92 Å². The maximum absolute atomic E-state index is 10.6. The minimum atomic E-state index is -1.03. The third-order valence-electron chi connectivity index (χ3n) is 2.30. The van der Waals surface area contributed by atoms with Crippen LogP contribution in [0.5, 0.6) is 0 Å². The van der Waals surface area contributed by atoms with Gasteiger partial charge in [-0.05, 0) is 12.3 Å². The highest BCUT2D eigenvalue weighted by atomic mass is 32.1. The summed E-state index contributed by atoms with van der Waals surface area (Å²) in [6.45, 7) is 2.13. The van der Waals surface area contributed by atoms with Crippen LogP contribution in [0.1, 0.15) is 34.8 Å². The van der Waals surface area contributed by atoms with Gasteiger partial charge in [0, 0.05) is 5.92 Å². The molecule has 1 aromatic rings. The number of thiazole rings is 1. The number of aromatic nitrogens is 1. The molecule has 2 atom stereocenters. The number of nitrogens with two attached hydrogens (primary N) is 1. The molecule has 2 unspecified atom stereocenters. The van der Waals surface area contributed by atoms with Crippen LogP contribution in [0.3, 0.4) is 0 Å². The summed E-state index contributed by atoms with van der Waals surface area (Å²) in [4.78, 5) is 14.6. The van der Waals surface area contributed by atoms with E-state index in [4.69, 9.17) is 10.8 Å². The van der Waals surface area contributed by atoms with Crippen molar-refractivity contribution in [2.45, 2.75) is 19.3 Å². The summed E-state index contributed by atoms with van der Waals surface area (Å²) in [6, 6.07) is 0. The van der Waals surface area contributed by atoms with Crippen LogP contribution in [0.2, 0.25) is 0 Å². The minimum Gasteiger partial charge on any atom is -0.476 e. The van der Waals surface area contributed by atoms with Gasteiger partial charge in [-0.25, -0.2) is 9.78 Å². The summed E-state index contributed by atoms with van der Waals surface area (Å²) in [5, 5.41) is 9.91.